The third kappa shape index (κ3) is 5.86. The van der Waals surface area contributed by atoms with E-state index in [1.807, 2.05) is 43.5 Å². The summed E-state index contributed by atoms with van der Waals surface area (Å²) in [6, 6.07) is 9.64. The van der Waals surface area contributed by atoms with Crippen LogP contribution in [-0.2, 0) is 11.3 Å². The van der Waals surface area contributed by atoms with Gasteiger partial charge in [0.05, 0.1) is 6.61 Å². The number of aryl methyl sites for hydroxylation is 1. The summed E-state index contributed by atoms with van der Waals surface area (Å²) in [7, 11) is 0. The molecule has 3 rings (SSSR count). The van der Waals surface area contributed by atoms with E-state index in [-0.39, 0.29) is 5.91 Å². The first kappa shape index (κ1) is 19.5. The van der Waals surface area contributed by atoms with Gasteiger partial charge in [0.1, 0.15) is 11.6 Å². The minimum absolute atomic E-state index is 0.0227. The smallest absolute Gasteiger partial charge is 0.220 e. The van der Waals surface area contributed by atoms with Crippen molar-refractivity contribution in [3.05, 3.63) is 52.7 Å². The SMILES string of the molecule is Cc1cc(OCCCC(=O)NCc2ccc(N3CCCC3)nc2)ccc1Cl. The molecule has 1 N–H and O–H groups in total. The summed E-state index contributed by atoms with van der Waals surface area (Å²) < 4.78 is 5.66. The van der Waals surface area contributed by atoms with E-state index in [2.05, 4.69) is 15.2 Å². The minimum atomic E-state index is 0.0227. The molecule has 27 heavy (non-hydrogen) atoms. The molecule has 2 heterocycles. The van der Waals surface area contributed by atoms with E-state index in [1.54, 1.807) is 0 Å². The van der Waals surface area contributed by atoms with Gasteiger partial charge in [0.25, 0.3) is 0 Å². The van der Waals surface area contributed by atoms with E-state index >= 15 is 0 Å². The van der Waals surface area contributed by atoms with Gasteiger partial charge in [-0.3, -0.25) is 4.79 Å². The highest BCUT2D eigenvalue weighted by molar-refractivity contribution is 6.31. The van der Waals surface area contributed by atoms with Crippen LogP contribution in [0.3, 0.4) is 0 Å². The zero-order valence-corrected chi connectivity index (χ0v) is 16.5. The van der Waals surface area contributed by atoms with Crippen molar-refractivity contribution in [1.82, 2.24) is 10.3 Å². The van der Waals surface area contributed by atoms with Crippen LogP contribution in [0.25, 0.3) is 0 Å². The van der Waals surface area contributed by atoms with E-state index in [4.69, 9.17) is 16.3 Å². The van der Waals surface area contributed by atoms with Gasteiger partial charge in [-0.1, -0.05) is 17.7 Å². The first-order chi connectivity index (χ1) is 13.1. The van der Waals surface area contributed by atoms with Crippen molar-refractivity contribution in [2.45, 2.75) is 39.2 Å². The van der Waals surface area contributed by atoms with Gasteiger partial charge >= 0.3 is 0 Å². The number of anilines is 1. The summed E-state index contributed by atoms with van der Waals surface area (Å²) in [5, 5.41) is 3.66. The Morgan fingerprint density at radius 2 is 2.07 bits per heavy atom. The second kappa shape index (κ2) is 9.60. The normalized spacial score (nSPS) is 13.6. The molecule has 1 aromatic heterocycles. The number of hydrogen-bond donors (Lipinski definition) is 1. The molecule has 1 aliphatic rings. The zero-order valence-electron chi connectivity index (χ0n) is 15.7. The summed E-state index contributed by atoms with van der Waals surface area (Å²) in [5.74, 6) is 1.83. The molecule has 1 aliphatic heterocycles. The Hall–Kier alpha value is -2.27. The molecular weight excluding hydrogens is 362 g/mol. The van der Waals surface area contributed by atoms with Crippen LogP contribution in [-0.4, -0.2) is 30.6 Å². The van der Waals surface area contributed by atoms with E-state index in [0.29, 0.717) is 26.0 Å². The topological polar surface area (TPSA) is 54.5 Å². The van der Waals surface area contributed by atoms with Crippen molar-refractivity contribution >= 4 is 23.3 Å². The van der Waals surface area contributed by atoms with Crippen LogP contribution in [0.1, 0.15) is 36.8 Å². The number of benzene rings is 1. The number of aromatic nitrogens is 1. The second-order valence-corrected chi connectivity index (χ2v) is 7.27. The van der Waals surface area contributed by atoms with Gasteiger partial charge in [0, 0.05) is 37.3 Å². The predicted octanol–water partition coefficient (Wildman–Crippen LogP) is 4.12. The maximum Gasteiger partial charge on any atom is 0.220 e. The Labute approximate surface area is 165 Å². The second-order valence-electron chi connectivity index (χ2n) is 6.86. The molecule has 0 radical (unpaired) electrons. The lowest BCUT2D eigenvalue weighted by Gasteiger charge is -2.16. The number of carbonyl (C=O) groups excluding carboxylic acids is 1. The van der Waals surface area contributed by atoms with E-state index < -0.39 is 0 Å². The van der Waals surface area contributed by atoms with Gasteiger partial charge in [-0.05, 0) is 61.6 Å². The lowest BCUT2D eigenvalue weighted by molar-refractivity contribution is -0.121. The van der Waals surface area contributed by atoms with Gasteiger partial charge < -0.3 is 15.0 Å². The van der Waals surface area contributed by atoms with Crippen LogP contribution in [0.4, 0.5) is 5.82 Å². The van der Waals surface area contributed by atoms with E-state index in [9.17, 15) is 4.79 Å². The number of carbonyl (C=O) groups is 1. The van der Waals surface area contributed by atoms with Crippen LogP contribution >= 0.6 is 11.6 Å². The molecular formula is C21H26ClN3O2. The highest BCUT2D eigenvalue weighted by atomic mass is 35.5. The monoisotopic (exact) mass is 387 g/mol. The highest BCUT2D eigenvalue weighted by Gasteiger charge is 2.13. The average Bonchev–Trinajstić information content (AvgIpc) is 3.21. The number of amides is 1. The maximum atomic E-state index is 12.0. The molecule has 144 valence electrons. The predicted molar refractivity (Wildman–Crippen MR) is 108 cm³/mol. The Kier molecular flexibility index (Phi) is 6.93. The number of nitrogens with zero attached hydrogens (tertiary/aromatic N) is 2. The first-order valence-corrected chi connectivity index (χ1v) is 9.85. The summed E-state index contributed by atoms with van der Waals surface area (Å²) in [6.07, 6.45) is 5.42. The van der Waals surface area contributed by atoms with Gasteiger partial charge in [-0.2, -0.15) is 0 Å². The number of halogens is 1. The first-order valence-electron chi connectivity index (χ1n) is 9.47. The maximum absolute atomic E-state index is 12.0. The van der Waals surface area contributed by atoms with E-state index in [0.717, 1.165) is 40.8 Å². The lowest BCUT2D eigenvalue weighted by Crippen LogP contribution is -2.23. The largest absolute Gasteiger partial charge is 0.494 e. The number of ether oxygens (including phenoxy) is 1. The van der Waals surface area contributed by atoms with Gasteiger partial charge in [0.2, 0.25) is 5.91 Å². The van der Waals surface area contributed by atoms with Gasteiger partial charge in [-0.15, -0.1) is 0 Å². The Morgan fingerprint density at radius 1 is 1.26 bits per heavy atom. The molecule has 0 aliphatic carbocycles. The van der Waals surface area contributed by atoms with Crippen LogP contribution in [0.15, 0.2) is 36.5 Å². The minimum Gasteiger partial charge on any atom is -0.494 e. The molecule has 5 nitrogen and oxygen atoms in total. The number of hydrogen-bond acceptors (Lipinski definition) is 4. The molecule has 0 saturated carbocycles. The Balaban J connectivity index is 1.34. The molecule has 0 unspecified atom stereocenters. The molecule has 1 saturated heterocycles. The van der Waals surface area contributed by atoms with Gasteiger partial charge in [-0.25, -0.2) is 4.98 Å². The van der Waals surface area contributed by atoms with Crippen molar-refractivity contribution in [1.29, 1.82) is 0 Å². The Morgan fingerprint density at radius 3 is 2.78 bits per heavy atom. The Bertz CT molecular complexity index is 759. The van der Waals surface area contributed by atoms with Crippen LogP contribution < -0.4 is 15.0 Å². The quantitative estimate of drug-likeness (QED) is 0.692. The fourth-order valence-electron chi connectivity index (χ4n) is 3.07. The molecule has 6 heteroatoms. The van der Waals surface area contributed by atoms with Gasteiger partial charge in [0.15, 0.2) is 0 Å². The fourth-order valence-corrected chi connectivity index (χ4v) is 3.19. The number of rotatable bonds is 8. The molecule has 1 fully saturated rings. The summed E-state index contributed by atoms with van der Waals surface area (Å²) in [6.45, 7) is 5.11. The van der Waals surface area contributed by atoms with Crippen molar-refractivity contribution in [3.8, 4) is 5.75 Å². The van der Waals surface area contributed by atoms with Crippen molar-refractivity contribution in [3.63, 3.8) is 0 Å². The van der Waals surface area contributed by atoms with Crippen LogP contribution in [0, 0.1) is 6.92 Å². The molecule has 2 aromatic rings. The van der Waals surface area contributed by atoms with E-state index in [1.165, 1.54) is 12.8 Å². The standard InChI is InChI=1S/C21H26ClN3O2/c1-16-13-18(7-8-19(16)22)27-12-4-5-21(26)24-15-17-6-9-20(23-14-17)25-10-2-3-11-25/h6-9,13-14H,2-5,10-12,15H2,1H3,(H,24,26). The fraction of sp³-hybridized carbons (Fsp3) is 0.429. The highest BCUT2D eigenvalue weighted by Crippen LogP contribution is 2.21. The van der Waals surface area contributed by atoms with Crippen molar-refractivity contribution in [2.75, 3.05) is 24.6 Å². The zero-order chi connectivity index (χ0) is 19.1. The lowest BCUT2D eigenvalue weighted by atomic mass is 10.2. The average molecular weight is 388 g/mol. The number of pyridine rings is 1. The summed E-state index contributed by atoms with van der Waals surface area (Å²) in [4.78, 5) is 18.8. The molecule has 0 bridgehead atoms. The third-order valence-electron chi connectivity index (χ3n) is 4.68. The van der Waals surface area contributed by atoms with Crippen molar-refractivity contribution < 1.29 is 9.53 Å². The molecule has 1 aromatic carbocycles. The third-order valence-corrected chi connectivity index (χ3v) is 5.10. The van der Waals surface area contributed by atoms with Crippen LogP contribution in [0.5, 0.6) is 5.75 Å². The van der Waals surface area contributed by atoms with Crippen molar-refractivity contribution in [2.24, 2.45) is 0 Å². The van der Waals surface area contributed by atoms with Crippen LogP contribution in [0.2, 0.25) is 5.02 Å². The molecule has 0 atom stereocenters. The summed E-state index contributed by atoms with van der Waals surface area (Å²) >= 11 is 6.00. The summed E-state index contributed by atoms with van der Waals surface area (Å²) in [5.41, 5.74) is 2.00. The number of nitrogens with one attached hydrogen (secondary N) is 1. The molecule has 1 amide bonds. The molecule has 0 spiro atoms.